The molecule has 0 atom stereocenters. The van der Waals surface area contributed by atoms with E-state index in [1.165, 1.54) is 0 Å². The van der Waals surface area contributed by atoms with Crippen LogP contribution >= 0.6 is 34.2 Å². The third-order valence-electron chi connectivity index (χ3n) is 1.62. The number of methoxy groups -OCH3 is 1. The number of nitrogens with zero attached hydrogens (tertiary/aromatic N) is 1. The van der Waals surface area contributed by atoms with Crippen molar-refractivity contribution in [3.8, 4) is 11.8 Å². The zero-order valence-electron chi connectivity index (χ0n) is 6.97. The first-order valence-electron chi connectivity index (χ1n) is 3.58. The van der Waals surface area contributed by atoms with Gasteiger partial charge in [0.25, 0.3) is 0 Å². The topological polar surface area (TPSA) is 33.0 Å². The summed E-state index contributed by atoms with van der Waals surface area (Å²) in [6, 6.07) is 5.70. The van der Waals surface area contributed by atoms with Gasteiger partial charge in [-0.1, -0.05) is 11.6 Å². The highest BCUT2D eigenvalue weighted by atomic mass is 127. The maximum absolute atomic E-state index is 8.59. The molecule has 0 heterocycles. The van der Waals surface area contributed by atoms with Crippen molar-refractivity contribution in [1.82, 2.24) is 0 Å². The van der Waals surface area contributed by atoms with Crippen LogP contribution in [0.25, 0.3) is 0 Å². The van der Waals surface area contributed by atoms with E-state index in [0.717, 1.165) is 9.13 Å². The maximum Gasteiger partial charge on any atom is 0.137 e. The van der Waals surface area contributed by atoms with Crippen molar-refractivity contribution in [3.63, 3.8) is 0 Å². The van der Waals surface area contributed by atoms with Crippen LogP contribution in [0.15, 0.2) is 12.1 Å². The summed E-state index contributed by atoms with van der Waals surface area (Å²) < 4.78 is 6.13. The molecule has 0 bridgehead atoms. The second-order valence-electron chi connectivity index (χ2n) is 2.38. The minimum absolute atomic E-state index is 0.277. The first-order valence-corrected chi connectivity index (χ1v) is 5.04. The number of rotatable bonds is 2. The van der Waals surface area contributed by atoms with E-state index < -0.39 is 0 Å². The second kappa shape index (κ2) is 4.68. The molecule has 0 saturated heterocycles. The molecule has 0 spiro atoms. The molecule has 0 saturated carbocycles. The number of hydrogen-bond donors (Lipinski definition) is 0. The Morgan fingerprint density at radius 3 is 2.85 bits per heavy atom. The van der Waals surface area contributed by atoms with Gasteiger partial charge in [-0.05, 0) is 34.7 Å². The normalized spacial score (nSPS) is 9.38. The van der Waals surface area contributed by atoms with Crippen molar-refractivity contribution < 1.29 is 4.74 Å². The predicted octanol–water partition coefficient (Wildman–Crippen LogP) is 3.02. The van der Waals surface area contributed by atoms with Gasteiger partial charge < -0.3 is 4.74 Å². The molecule has 0 aliphatic rings. The Balaban J connectivity index is 3.27. The standard InChI is InChI=1S/C9H7ClINO/c1-13-9-6(4-5-12)7(10)2-3-8(9)11/h2-3H,4H2,1H3. The van der Waals surface area contributed by atoms with Crippen LogP contribution in [0.4, 0.5) is 0 Å². The first kappa shape index (κ1) is 10.6. The summed E-state index contributed by atoms with van der Waals surface area (Å²) in [5.74, 6) is 0.703. The third kappa shape index (κ3) is 2.26. The minimum Gasteiger partial charge on any atom is -0.495 e. The lowest BCUT2D eigenvalue weighted by molar-refractivity contribution is 0.408. The molecule has 0 unspecified atom stereocenters. The van der Waals surface area contributed by atoms with Gasteiger partial charge in [0.2, 0.25) is 0 Å². The van der Waals surface area contributed by atoms with Gasteiger partial charge in [-0.3, -0.25) is 0 Å². The van der Waals surface area contributed by atoms with Gasteiger partial charge >= 0.3 is 0 Å². The van der Waals surface area contributed by atoms with Crippen molar-refractivity contribution in [1.29, 1.82) is 5.26 Å². The third-order valence-corrected chi connectivity index (χ3v) is 2.82. The van der Waals surface area contributed by atoms with Crippen LogP contribution in [0.3, 0.4) is 0 Å². The summed E-state index contributed by atoms with van der Waals surface area (Å²) in [5, 5.41) is 9.17. The molecule has 0 aliphatic heterocycles. The van der Waals surface area contributed by atoms with Crippen molar-refractivity contribution in [2.45, 2.75) is 6.42 Å². The molecule has 0 aromatic heterocycles. The lowest BCUT2D eigenvalue weighted by Crippen LogP contribution is -1.94. The summed E-state index contributed by atoms with van der Waals surface area (Å²) in [6.45, 7) is 0. The van der Waals surface area contributed by atoms with E-state index in [9.17, 15) is 0 Å². The highest BCUT2D eigenvalue weighted by Crippen LogP contribution is 2.31. The summed E-state index contributed by atoms with van der Waals surface area (Å²) in [6.07, 6.45) is 0.277. The number of halogens is 2. The highest BCUT2D eigenvalue weighted by Gasteiger charge is 2.10. The van der Waals surface area contributed by atoms with Crippen molar-refractivity contribution in [2.24, 2.45) is 0 Å². The fourth-order valence-corrected chi connectivity index (χ4v) is 1.98. The first-order chi connectivity index (χ1) is 6.20. The van der Waals surface area contributed by atoms with Crippen LogP contribution in [0.5, 0.6) is 5.75 Å². The molecule has 2 nitrogen and oxygen atoms in total. The number of ether oxygens (including phenoxy) is 1. The molecule has 0 N–H and O–H groups in total. The fourth-order valence-electron chi connectivity index (χ4n) is 1.04. The van der Waals surface area contributed by atoms with E-state index in [2.05, 4.69) is 28.7 Å². The van der Waals surface area contributed by atoms with Gasteiger partial charge in [-0.25, -0.2) is 0 Å². The summed E-state index contributed by atoms with van der Waals surface area (Å²) >= 11 is 8.07. The van der Waals surface area contributed by atoms with Crippen LogP contribution in [-0.4, -0.2) is 7.11 Å². The molecular weight excluding hydrogens is 300 g/mol. The van der Waals surface area contributed by atoms with Crippen molar-refractivity contribution in [3.05, 3.63) is 26.3 Å². The number of hydrogen-bond acceptors (Lipinski definition) is 2. The molecule has 1 aromatic rings. The van der Waals surface area contributed by atoms with Gasteiger partial charge in [0.15, 0.2) is 0 Å². The Hall–Kier alpha value is -0.470. The van der Waals surface area contributed by atoms with E-state index in [1.807, 2.05) is 6.07 Å². The van der Waals surface area contributed by atoms with Crippen LogP contribution in [-0.2, 0) is 6.42 Å². The molecule has 0 radical (unpaired) electrons. The average molecular weight is 308 g/mol. The maximum atomic E-state index is 8.59. The van der Waals surface area contributed by atoms with E-state index in [0.29, 0.717) is 10.8 Å². The van der Waals surface area contributed by atoms with Crippen LogP contribution in [0.2, 0.25) is 5.02 Å². The van der Waals surface area contributed by atoms with Gasteiger partial charge in [0.1, 0.15) is 5.75 Å². The minimum atomic E-state index is 0.277. The second-order valence-corrected chi connectivity index (χ2v) is 3.95. The quantitative estimate of drug-likeness (QED) is 0.787. The molecule has 0 fully saturated rings. The lowest BCUT2D eigenvalue weighted by atomic mass is 10.1. The van der Waals surface area contributed by atoms with Gasteiger partial charge in [0, 0.05) is 10.6 Å². The molecule has 13 heavy (non-hydrogen) atoms. The van der Waals surface area contributed by atoms with Gasteiger partial charge in [-0.15, -0.1) is 0 Å². The summed E-state index contributed by atoms with van der Waals surface area (Å²) in [5.41, 5.74) is 0.763. The number of benzene rings is 1. The SMILES string of the molecule is COc1c(I)ccc(Cl)c1CC#N. The molecular formula is C9H7ClINO. The fraction of sp³-hybridized carbons (Fsp3) is 0.222. The number of nitriles is 1. The summed E-state index contributed by atoms with van der Waals surface area (Å²) in [7, 11) is 1.58. The Morgan fingerprint density at radius 2 is 2.31 bits per heavy atom. The van der Waals surface area contributed by atoms with E-state index in [-0.39, 0.29) is 6.42 Å². The molecule has 1 aromatic carbocycles. The van der Waals surface area contributed by atoms with E-state index >= 15 is 0 Å². The van der Waals surface area contributed by atoms with Crippen LogP contribution in [0, 0.1) is 14.9 Å². The van der Waals surface area contributed by atoms with Crippen LogP contribution < -0.4 is 4.74 Å². The van der Waals surface area contributed by atoms with Crippen LogP contribution in [0.1, 0.15) is 5.56 Å². The zero-order chi connectivity index (χ0) is 9.84. The van der Waals surface area contributed by atoms with Crippen molar-refractivity contribution >= 4 is 34.2 Å². The molecule has 1 rings (SSSR count). The molecule has 68 valence electrons. The van der Waals surface area contributed by atoms with Gasteiger partial charge in [-0.2, -0.15) is 5.26 Å². The zero-order valence-corrected chi connectivity index (χ0v) is 9.89. The highest BCUT2D eigenvalue weighted by molar-refractivity contribution is 14.1. The Kier molecular flexibility index (Phi) is 3.82. The summed E-state index contributed by atoms with van der Waals surface area (Å²) in [4.78, 5) is 0. The van der Waals surface area contributed by atoms with Gasteiger partial charge in [0.05, 0.1) is 23.2 Å². The largest absolute Gasteiger partial charge is 0.495 e. The molecule has 4 heteroatoms. The predicted molar refractivity (Wildman–Crippen MR) is 60.0 cm³/mol. The Labute approximate surface area is 95.6 Å². The lowest BCUT2D eigenvalue weighted by Gasteiger charge is -2.09. The molecule has 0 aliphatic carbocycles. The Morgan fingerprint density at radius 1 is 1.62 bits per heavy atom. The monoisotopic (exact) mass is 307 g/mol. The van der Waals surface area contributed by atoms with E-state index in [4.69, 9.17) is 21.6 Å². The van der Waals surface area contributed by atoms with Crippen molar-refractivity contribution in [2.75, 3.05) is 7.11 Å². The molecule has 0 amide bonds. The van der Waals surface area contributed by atoms with E-state index in [1.54, 1.807) is 13.2 Å². The smallest absolute Gasteiger partial charge is 0.137 e. The Bertz CT molecular complexity index is 359. The average Bonchev–Trinajstić information content (AvgIpc) is 2.12.